The van der Waals surface area contributed by atoms with Gasteiger partial charge in [0.1, 0.15) is 11.5 Å². The molecule has 0 spiro atoms. The summed E-state index contributed by atoms with van der Waals surface area (Å²) in [4.78, 5) is 28.8. The standard InChI is InChI=1S/C25H28N2O5/c1-4-31-25(30)27-11-9-26(10-12-27)15-19-20(28)13-17(3)22-23(29)21(32-24(19)22)14-18-7-5-16(2)6-8-18/h5-8,13-14,28H,4,9-12,15H2,1-3H3/b21-14-. The van der Waals surface area contributed by atoms with Gasteiger partial charge in [0.15, 0.2) is 5.76 Å². The highest BCUT2D eigenvalue weighted by Crippen LogP contribution is 2.42. The zero-order chi connectivity index (χ0) is 22.8. The van der Waals surface area contributed by atoms with Crippen LogP contribution in [0.5, 0.6) is 11.5 Å². The van der Waals surface area contributed by atoms with Crippen molar-refractivity contribution in [1.29, 1.82) is 0 Å². The number of carbonyl (C=O) groups is 2. The van der Waals surface area contributed by atoms with E-state index < -0.39 is 0 Å². The van der Waals surface area contributed by atoms with Gasteiger partial charge in [0.25, 0.3) is 0 Å². The first-order valence-electron chi connectivity index (χ1n) is 10.9. The lowest BCUT2D eigenvalue weighted by atomic mass is 9.99. The lowest BCUT2D eigenvalue weighted by Crippen LogP contribution is -2.48. The van der Waals surface area contributed by atoms with E-state index in [2.05, 4.69) is 4.90 Å². The number of aromatic hydroxyl groups is 1. The number of ether oxygens (including phenoxy) is 2. The molecule has 0 unspecified atom stereocenters. The van der Waals surface area contributed by atoms with Gasteiger partial charge in [0.05, 0.1) is 17.7 Å². The van der Waals surface area contributed by atoms with Gasteiger partial charge in [0.2, 0.25) is 5.78 Å². The van der Waals surface area contributed by atoms with Gasteiger partial charge in [-0.1, -0.05) is 29.8 Å². The minimum atomic E-state index is -0.300. The van der Waals surface area contributed by atoms with Crippen molar-refractivity contribution in [3.05, 3.63) is 63.9 Å². The molecule has 2 aromatic rings. The minimum absolute atomic E-state index is 0.110. The first kappa shape index (κ1) is 21.9. The van der Waals surface area contributed by atoms with Crippen LogP contribution in [-0.4, -0.2) is 59.6 Å². The number of piperazine rings is 1. The molecule has 1 N–H and O–H groups in total. The quantitative estimate of drug-likeness (QED) is 0.733. The molecule has 2 aliphatic heterocycles. The van der Waals surface area contributed by atoms with Crippen molar-refractivity contribution in [1.82, 2.24) is 9.80 Å². The monoisotopic (exact) mass is 436 g/mol. The van der Waals surface area contributed by atoms with E-state index in [4.69, 9.17) is 9.47 Å². The molecule has 0 saturated carbocycles. The van der Waals surface area contributed by atoms with Crippen LogP contribution in [0.15, 0.2) is 36.1 Å². The molecular formula is C25H28N2O5. The molecule has 1 amide bonds. The summed E-state index contributed by atoms with van der Waals surface area (Å²) in [5, 5.41) is 10.7. The number of hydrogen-bond acceptors (Lipinski definition) is 6. The van der Waals surface area contributed by atoms with Gasteiger partial charge in [-0.2, -0.15) is 0 Å². The van der Waals surface area contributed by atoms with Gasteiger partial charge >= 0.3 is 6.09 Å². The zero-order valence-corrected chi connectivity index (χ0v) is 18.7. The molecule has 0 aromatic heterocycles. The number of phenols is 1. The topological polar surface area (TPSA) is 79.3 Å². The summed E-state index contributed by atoms with van der Waals surface area (Å²) in [7, 11) is 0. The molecule has 7 heteroatoms. The Morgan fingerprint density at radius 2 is 1.84 bits per heavy atom. The lowest BCUT2D eigenvalue weighted by molar-refractivity contribution is 0.0774. The molecule has 0 radical (unpaired) electrons. The van der Waals surface area contributed by atoms with Crippen LogP contribution in [0.3, 0.4) is 0 Å². The van der Waals surface area contributed by atoms with E-state index in [0.29, 0.717) is 61.8 Å². The zero-order valence-electron chi connectivity index (χ0n) is 18.7. The van der Waals surface area contributed by atoms with Gasteiger partial charge < -0.3 is 19.5 Å². The molecule has 2 heterocycles. The van der Waals surface area contributed by atoms with Crippen LogP contribution < -0.4 is 4.74 Å². The van der Waals surface area contributed by atoms with Gasteiger partial charge in [-0.3, -0.25) is 9.69 Å². The molecule has 0 bridgehead atoms. The number of Topliss-reactive ketones (excluding diaryl/α,β-unsaturated/α-hetero) is 1. The summed E-state index contributed by atoms with van der Waals surface area (Å²) in [6.45, 7) is 8.76. The Morgan fingerprint density at radius 3 is 2.50 bits per heavy atom. The number of aryl methyl sites for hydroxylation is 2. The second kappa shape index (κ2) is 9.04. The molecule has 1 saturated heterocycles. The average molecular weight is 437 g/mol. The summed E-state index contributed by atoms with van der Waals surface area (Å²) in [6, 6.07) is 9.47. The van der Waals surface area contributed by atoms with Gasteiger partial charge in [-0.15, -0.1) is 0 Å². The number of phenolic OH excluding ortho intramolecular Hbond substituents is 1. The highest BCUT2D eigenvalue weighted by atomic mass is 16.6. The molecule has 2 aliphatic rings. The molecule has 0 aliphatic carbocycles. The van der Waals surface area contributed by atoms with Crippen LogP contribution in [0.4, 0.5) is 4.79 Å². The molecule has 1 fully saturated rings. The van der Waals surface area contributed by atoms with Crippen molar-refractivity contribution in [2.75, 3.05) is 32.8 Å². The number of fused-ring (bicyclic) bond motifs is 1. The molecule has 32 heavy (non-hydrogen) atoms. The van der Waals surface area contributed by atoms with E-state index in [1.807, 2.05) is 31.2 Å². The number of carbonyl (C=O) groups excluding carboxylic acids is 2. The van der Waals surface area contributed by atoms with Crippen LogP contribution in [0.2, 0.25) is 0 Å². The van der Waals surface area contributed by atoms with E-state index >= 15 is 0 Å². The molecule has 7 nitrogen and oxygen atoms in total. The number of allylic oxidation sites excluding steroid dienone is 1. The largest absolute Gasteiger partial charge is 0.507 e. The second-order valence-corrected chi connectivity index (χ2v) is 8.21. The third kappa shape index (κ3) is 4.34. The number of benzene rings is 2. The predicted molar refractivity (Wildman–Crippen MR) is 121 cm³/mol. The SMILES string of the molecule is CCOC(=O)N1CCN(Cc2c(O)cc(C)c3c2O/C(=C\c2ccc(C)cc2)C3=O)CC1. The first-order valence-corrected chi connectivity index (χ1v) is 10.9. The van der Waals surface area contributed by atoms with E-state index in [9.17, 15) is 14.7 Å². The number of hydrogen-bond donors (Lipinski definition) is 1. The van der Waals surface area contributed by atoms with Gasteiger partial charge in [0, 0.05) is 32.7 Å². The molecule has 4 rings (SSSR count). The van der Waals surface area contributed by atoms with E-state index in [1.165, 1.54) is 0 Å². The Bertz CT molecular complexity index is 1070. The predicted octanol–water partition coefficient (Wildman–Crippen LogP) is 3.90. The van der Waals surface area contributed by atoms with Crippen LogP contribution >= 0.6 is 0 Å². The van der Waals surface area contributed by atoms with Crippen molar-refractivity contribution in [3.63, 3.8) is 0 Å². The van der Waals surface area contributed by atoms with Crippen LogP contribution in [0.25, 0.3) is 6.08 Å². The maximum atomic E-state index is 13.1. The van der Waals surface area contributed by atoms with E-state index in [1.54, 1.807) is 30.9 Å². The number of ketones is 1. The van der Waals surface area contributed by atoms with Crippen molar-refractivity contribution < 1.29 is 24.2 Å². The third-order valence-electron chi connectivity index (χ3n) is 5.88. The van der Waals surface area contributed by atoms with Crippen molar-refractivity contribution >= 4 is 18.0 Å². The van der Waals surface area contributed by atoms with Crippen molar-refractivity contribution in [2.45, 2.75) is 27.3 Å². The smallest absolute Gasteiger partial charge is 0.409 e. The van der Waals surface area contributed by atoms with Gasteiger partial charge in [-0.25, -0.2) is 4.79 Å². The second-order valence-electron chi connectivity index (χ2n) is 8.21. The van der Waals surface area contributed by atoms with E-state index in [-0.39, 0.29) is 23.4 Å². The third-order valence-corrected chi connectivity index (χ3v) is 5.88. The summed E-state index contributed by atoms with van der Waals surface area (Å²) < 4.78 is 11.1. The minimum Gasteiger partial charge on any atom is -0.507 e. The first-order chi connectivity index (χ1) is 15.4. The fourth-order valence-corrected chi connectivity index (χ4v) is 4.07. The highest BCUT2D eigenvalue weighted by molar-refractivity contribution is 6.15. The fourth-order valence-electron chi connectivity index (χ4n) is 4.07. The number of nitrogens with zero attached hydrogens (tertiary/aromatic N) is 2. The molecule has 0 atom stereocenters. The molecular weight excluding hydrogens is 408 g/mol. The van der Waals surface area contributed by atoms with Crippen LogP contribution in [-0.2, 0) is 11.3 Å². The Kier molecular flexibility index (Phi) is 6.19. The molecule has 168 valence electrons. The Balaban J connectivity index is 1.55. The average Bonchev–Trinajstić information content (AvgIpc) is 3.09. The number of rotatable bonds is 4. The van der Waals surface area contributed by atoms with Crippen molar-refractivity contribution in [2.24, 2.45) is 0 Å². The Labute approximate surface area is 187 Å². The van der Waals surface area contributed by atoms with Gasteiger partial charge in [-0.05, 0) is 44.0 Å². The summed E-state index contributed by atoms with van der Waals surface area (Å²) >= 11 is 0. The normalized spacial score (nSPS) is 17.4. The van der Waals surface area contributed by atoms with Crippen LogP contribution in [0, 0.1) is 13.8 Å². The van der Waals surface area contributed by atoms with Crippen LogP contribution in [0.1, 0.15) is 39.5 Å². The molecule has 2 aromatic carbocycles. The summed E-state index contributed by atoms with van der Waals surface area (Å²) in [6.07, 6.45) is 1.44. The van der Waals surface area contributed by atoms with E-state index in [0.717, 1.165) is 11.1 Å². The Hall–Kier alpha value is -3.32. The highest BCUT2D eigenvalue weighted by Gasteiger charge is 2.34. The summed E-state index contributed by atoms with van der Waals surface area (Å²) in [5.74, 6) is 0.620. The maximum Gasteiger partial charge on any atom is 0.409 e. The number of amides is 1. The maximum absolute atomic E-state index is 13.1. The summed E-state index contributed by atoms with van der Waals surface area (Å²) in [5.41, 5.74) is 3.80. The Morgan fingerprint density at radius 1 is 1.16 bits per heavy atom. The van der Waals surface area contributed by atoms with Crippen molar-refractivity contribution in [3.8, 4) is 11.5 Å². The fraction of sp³-hybridized carbons (Fsp3) is 0.360. The lowest BCUT2D eigenvalue weighted by Gasteiger charge is -2.34.